The normalized spacial score (nSPS) is 16.5. The van der Waals surface area contributed by atoms with Gasteiger partial charge in [0.2, 0.25) is 0 Å². The molecule has 13 heavy (non-hydrogen) atoms. The van der Waals surface area contributed by atoms with E-state index in [2.05, 4.69) is 10.2 Å². The van der Waals surface area contributed by atoms with E-state index >= 15 is 0 Å². The quantitative estimate of drug-likeness (QED) is 0.726. The monoisotopic (exact) mass is 197 g/mol. The van der Waals surface area contributed by atoms with Crippen LogP contribution in [0, 0.1) is 6.92 Å². The average Bonchev–Trinajstić information content (AvgIpc) is 2.72. The number of nitrogens with one attached hydrogen (secondary N) is 1. The SMILES string of the molecule is Cc1[nH]ncc1C(=O)N1CCSC1. The summed E-state index contributed by atoms with van der Waals surface area (Å²) in [4.78, 5) is 13.6. The molecule has 0 radical (unpaired) electrons. The van der Waals surface area contributed by atoms with E-state index in [-0.39, 0.29) is 5.91 Å². The van der Waals surface area contributed by atoms with Crippen LogP contribution in [0.15, 0.2) is 6.20 Å². The summed E-state index contributed by atoms with van der Waals surface area (Å²) in [6.45, 7) is 2.72. The van der Waals surface area contributed by atoms with Gasteiger partial charge < -0.3 is 4.90 Å². The molecule has 0 spiro atoms. The molecule has 2 rings (SSSR count). The van der Waals surface area contributed by atoms with Gasteiger partial charge in [-0.1, -0.05) is 0 Å². The molecule has 2 heterocycles. The minimum absolute atomic E-state index is 0.0938. The van der Waals surface area contributed by atoms with Crippen LogP contribution in [0.4, 0.5) is 0 Å². The molecule has 1 aromatic rings. The second kappa shape index (κ2) is 3.41. The van der Waals surface area contributed by atoms with Crippen molar-refractivity contribution in [2.75, 3.05) is 18.2 Å². The fourth-order valence-corrected chi connectivity index (χ4v) is 2.26. The minimum Gasteiger partial charge on any atom is -0.328 e. The zero-order chi connectivity index (χ0) is 9.26. The van der Waals surface area contributed by atoms with Gasteiger partial charge in [-0.05, 0) is 6.92 Å². The molecule has 1 fully saturated rings. The van der Waals surface area contributed by atoms with Gasteiger partial charge in [-0.15, -0.1) is 11.8 Å². The lowest BCUT2D eigenvalue weighted by Crippen LogP contribution is -2.27. The molecule has 1 N–H and O–H groups in total. The number of hydrogen-bond acceptors (Lipinski definition) is 3. The number of aryl methyl sites for hydroxylation is 1. The van der Waals surface area contributed by atoms with Crippen LogP contribution in [0.1, 0.15) is 16.1 Å². The van der Waals surface area contributed by atoms with Crippen LogP contribution >= 0.6 is 11.8 Å². The molecule has 0 unspecified atom stereocenters. The fourth-order valence-electron chi connectivity index (χ4n) is 1.31. The van der Waals surface area contributed by atoms with Gasteiger partial charge in [0.05, 0.1) is 17.6 Å². The van der Waals surface area contributed by atoms with Gasteiger partial charge in [0.15, 0.2) is 0 Å². The summed E-state index contributed by atoms with van der Waals surface area (Å²) in [5.74, 6) is 1.95. The molecular weight excluding hydrogens is 186 g/mol. The highest BCUT2D eigenvalue weighted by molar-refractivity contribution is 7.99. The first-order valence-corrected chi connectivity index (χ1v) is 5.31. The van der Waals surface area contributed by atoms with Crippen molar-refractivity contribution >= 4 is 17.7 Å². The zero-order valence-corrected chi connectivity index (χ0v) is 8.23. The first-order valence-electron chi connectivity index (χ1n) is 4.16. The largest absolute Gasteiger partial charge is 0.328 e. The molecule has 1 amide bonds. The summed E-state index contributed by atoms with van der Waals surface area (Å²) in [6.07, 6.45) is 1.60. The molecule has 0 aliphatic carbocycles. The predicted molar refractivity (Wildman–Crippen MR) is 51.7 cm³/mol. The van der Waals surface area contributed by atoms with Crippen LogP contribution in [0.25, 0.3) is 0 Å². The predicted octanol–water partition coefficient (Wildman–Crippen LogP) is 0.865. The number of aromatic nitrogens is 2. The maximum absolute atomic E-state index is 11.8. The summed E-state index contributed by atoms with van der Waals surface area (Å²) < 4.78 is 0. The molecule has 5 heteroatoms. The first kappa shape index (κ1) is 8.62. The summed E-state index contributed by atoms with van der Waals surface area (Å²) >= 11 is 1.79. The van der Waals surface area contributed by atoms with Crippen molar-refractivity contribution in [3.8, 4) is 0 Å². The lowest BCUT2D eigenvalue weighted by atomic mass is 10.2. The van der Waals surface area contributed by atoms with E-state index in [1.54, 1.807) is 18.0 Å². The van der Waals surface area contributed by atoms with Gasteiger partial charge in [0.1, 0.15) is 0 Å². The smallest absolute Gasteiger partial charge is 0.258 e. The average molecular weight is 197 g/mol. The molecular formula is C8H11N3OS. The van der Waals surface area contributed by atoms with Crippen LogP contribution in [0.5, 0.6) is 0 Å². The number of H-pyrrole nitrogens is 1. The summed E-state index contributed by atoms with van der Waals surface area (Å²) in [5.41, 5.74) is 1.55. The summed E-state index contributed by atoms with van der Waals surface area (Å²) in [6, 6.07) is 0. The molecule has 70 valence electrons. The highest BCUT2D eigenvalue weighted by Crippen LogP contribution is 2.17. The van der Waals surface area contributed by atoms with E-state index in [4.69, 9.17) is 0 Å². The maximum Gasteiger partial charge on any atom is 0.258 e. The Balaban J connectivity index is 2.17. The molecule has 1 aliphatic heterocycles. The standard InChI is InChI=1S/C8H11N3OS/c1-6-7(4-9-10-6)8(12)11-2-3-13-5-11/h4H,2-3,5H2,1H3,(H,9,10). The van der Waals surface area contributed by atoms with Crippen molar-refractivity contribution in [2.45, 2.75) is 6.92 Å². The Hall–Kier alpha value is -0.970. The Morgan fingerprint density at radius 2 is 2.62 bits per heavy atom. The molecule has 0 aromatic carbocycles. The van der Waals surface area contributed by atoms with Gasteiger partial charge in [-0.25, -0.2) is 0 Å². The Labute approximate surface area is 80.7 Å². The van der Waals surface area contributed by atoms with E-state index in [1.165, 1.54) is 0 Å². The number of carbonyl (C=O) groups excluding carboxylic acids is 1. The lowest BCUT2D eigenvalue weighted by molar-refractivity contribution is 0.0802. The van der Waals surface area contributed by atoms with Gasteiger partial charge in [0, 0.05) is 18.0 Å². The maximum atomic E-state index is 11.8. The third-order valence-corrected chi connectivity index (χ3v) is 3.07. The Kier molecular flexibility index (Phi) is 2.26. The lowest BCUT2D eigenvalue weighted by Gasteiger charge is -2.12. The van der Waals surface area contributed by atoms with Crippen LogP contribution in [0.2, 0.25) is 0 Å². The number of carbonyl (C=O) groups is 1. The number of aromatic amines is 1. The molecule has 1 aromatic heterocycles. The van der Waals surface area contributed by atoms with Gasteiger partial charge >= 0.3 is 0 Å². The van der Waals surface area contributed by atoms with Crippen molar-refractivity contribution in [2.24, 2.45) is 0 Å². The third kappa shape index (κ3) is 1.56. The second-order valence-electron chi connectivity index (χ2n) is 3.01. The highest BCUT2D eigenvalue weighted by atomic mass is 32.2. The zero-order valence-electron chi connectivity index (χ0n) is 7.41. The van der Waals surface area contributed by atoms with E-state index < -0.39 is 0 Å². The third-order valence-electron chi connectivity index (χ3n) is 2.10. The number of hydrogen-bond donors (Lipinski definition) is 1. The van der Waals surface area contributed by atoms with Gasteiger partial charge in [-0.2, -0.15) is 5.10 Å². The molecule has 1 aliphatic rings. The van der Waals surface area contributed by atoms with Crippen molar-refractivity contribution in [3.05, 3.63) is 17.5 Å². The molecule has 0 bridgehead atoms. The topological polar surface area (TPSA) is 49.0 Å². The minimum atomic E-state index is 0.0938. The van der Waals surface area contributed by atoms with Gasteiger partial charge in [0.25, 0.3) is 5.91 Å². The molecule has 1 saturated heterocycles. The Bertz CT molecular complexity index is 317. The van der Waals surface area contributed by atoms with Crippen LogP contribution in [0.3, 0.4) is 0 Å². The van der Waals surface area contributed by atoms with Gasteiger partial charge in [-0.3, -0.25) is 9.89 Å². The summed E-state index contributed by atoms with van der Waals surface area (Å²) in [5, 5.41) is 6.60. The highest BCUT2D eigenvalue weighted by Gasteiger charge is 2.21. The van der Waals surface area contributed by atoms with Crippen molar-refractivity contribution in [1.29, 1.82) is 0 Å². The second-order valence-corrected chi connectivity index (χ2v) is 4.09. The van der Waals surface area contributed by atoms with E-state index in [1.807, 2.05) is 11.8 Å². The van der Waals surface area contributed by atoms with E-state index in [0.29, 0.717) is 5.56 Å². The molecule has 4 nitrogen and oxygen atoms in total. The van der Waals surface area contributed by atoms with Crippen LogP contribution in [-0.2, 0) is 0 Å². The number of thioether (sulfide) groups is 1. The van der Waals surface area contributed by atoms with Crippen molar-refractivity contribution in [3.63, 3.8) is 0 Å². The molecule has 0 saturated carbocycles. The van der Waals surface area contributed by atoms with Crippen LogP contribution in [-0.4, -0.2) is 39.2 Å². The number of amides is 1. The van der Waals surface area contributed by atoms with E-state index in [0.717, 1.165) is 23.9 Å². The Morgan fingerprint density at radius 1 is 1.77 bits per heavy atom. The summed E-state index contributed by atoms with van der Waals surface area (Å²) in [7, 11) is 0. The van der Waals surface area contributed by atoms with E-state index in [9.17, 15) is 4.79 Å². The number of rotatable bonds is 1. The number of nitrogens with zero attached hydrogens (tertiary/aromatic N) is 2. The Morgan fingerprint density at radius 3 is 3.15 bits per heavy atom. The van der Waals surface area contributed by atoms with Crippen molar-refractivity contribution < 1.29 is 4.79 Å². The molecule has 0 atom stereocenters. The van der Waals surface area contributed by atoms with Crippen molar-refractivity contribution in [1.82, 2.24) is 15.1 Å². The first-order chi connectivity index (χ1) is 6.29. The van der Waals surface area contributed by atoms with Crippen LogP contribution < -0.4 is 0 Å². The fraction of sp³-hybridized carbons (Fsp3) is 0.500.